The minimum Gasteiger partial charge on any atom is -0.390 e. The van der Waals surface area contributed by atoms with Crippen molar-refractivity contribution in [1.29, 1.82) is 0 Å². The number of halogens is 3. The summed E-state index contributed by atoms with van der Waals surface area (Å²) in [5, 5.41) is 11.3. The molecular weight excluding hydrogens is 175 g/mol. The molecular formula is C5H8F3N3O. The Balaban J connectivity index is 3.92. The van der Waals surface area contributed by atoms with E-state index in [1.54, 1.807) is 0 Å². The summed E-state index contributed by atoms with van der Waals surface area (Å²) >= 11 is 0. The van der Waals surface area contributed by atoms with Gasteiger partial charge in [0.15, 0.2) is 0 Å². The number of nitrogens with two attached hydrogens (primary N) is 1. The van der Waals surface area contributed by atoms with Crippen molar-refractivity contribution in [3.63, 3.8) is 0 Å². The van der Waals surface area contributed by atoms with E-state index in [1.807, 2.05) is 0 Å². The van der Waals surface area contributed by atoms with Crippen molar-refractivity contribution in [2.75, 3.05) is 13.2 Å². The summed E-state index contributed by atoms with van der Waals surface area (Å²) in [6.07, 6.45) is -3.56. The van der Waals surface area contributed by atoms with E-state index in [0.29, 0.717) is 0 Å². The van der Waals surface area contributed by atoms with Crippen LogP contribution in [0.4, 0.5) is 13.2 Å². The molecule has 12 heavy (non-hydrogen) atoms. The van der Waals surface area contributed by atoms with Crippen LogP contribution in [0.5, 0.6) is 0 Å². The van der Waals surface area contributed by atoms with E-state index in [2.05, 4.69) is 15.9 Å². The van der Waals surface area contributed by atoms with E-state index in [-0.39, 0.29) is 5.71 Å². The fourth-order valence-electron chi connectivity index (χ4n) is 0.370. The Morgan fingerprint density at radius 3 is 2.42 bits per heavy atom. The Labute approximate surface area is 66.6 Å². The van der Waals surface area contributed by atoms with Crippen LogP contribution in [0.2, 0.25) is 0 Å². The Hall–Kier alpha value is -1.11. The molecule has 0 aromatic carbocycles. The number of hydrogen-bond acceptors (Lipinski definition) is 4. The van der Waals surface area contributed by atoms with E-state index in [9.17, 15) is 13.2 Å². The van der Waals surface area contributed by atoms with Crippen LogP contribution in [-0.4, -0.2) is 36.4 Å². The van der Waals surface area contributed by atoms with Crippen LogP contribution in [-0.2, 0) is 0 Å². The molecule has 0 saturated heterocycles. The standard InChI is InChI=1S/C5H8F3N3O/c6-5(7,8)3-10-1-4(2-12)11-9/h1,12H,2-3,9H2/b10-1?,11-4+. The van der Waals surface area contributed by atoms with Crippen molar-refractivity contribution in [1.82, 2.24) is 0 Å². The summed E-state index contributed by atoms with van der Waals surface area (Å²) in [4.78, 5) is 2.96. The highest BCUT2D eigenvalue weighted by Gasteiger charge is 2.25. The number of rotatable bonds is 3. The number of nitrogens with zero attached hydrogens (tertiary/aromatic N) is 2. The lowest BCUT2D eigenvalue weighted by atomic mass is 10.4. The first-order valence-electron chi connectivity index (χ1n) is 2.94. The molecule has 0 fully saturated rings. The van der Waals surface area contributed by atoms with E-state index in [1.165, 1.54) is 0 Å². The molecule has 4 nitrogen and oxygen atoms in total. The average Bonchev–Trinajstić information content (AvgIpc) is 1.96. The van der Waals surface area contributed by atoms with Crippen molar-refractivity contribution in [3.05, 3.63) is 0 Å². The van der Waals surface area contributed by atoms with Gasteiger partial charge in [-0.25, -0.2) is 0 Å². The predicted molar refractivity (Wildman–Crippen MR) is 38.1 cm³/mol. The molecule has 0 radical (unpaired) electrons. The van der Waals surface area contributed by atoms with E-state index < -0.39 is 19.3 Å². The first kappa shape index (κ1) is 10.9. The number of aliphatic imine (C=N–C) groups is 1. The molecule has 0 aromatic heterocycles. The van der Waals surface area contributed by atoms with Crippen molar-refractivity contribution in [3.8, 4) is 0 Å². The Bertz CT molecular complexity index is 187. The van der Waals surface area contributed by atoms with Gasteiger partial charge in [-0.2, -0.15) is 18.3 Å². The smallest absolute Gasteiger partial charge is 0.390 e. The summed E-state index contributed by atoms with van der Waals surface area (Å²) in [6, 6.07) is 0. The van der Waals surface area contributed by atoms with Gasteiger partial charge in [0.2, 0.25) is 0 Å². The van der Waals surface area contributed by atoms with Gasteiger partial charge in [-0.3, -0.25) is 4.99 Å². The first-order chi connectivity index (χ1) is 5.49. The number of aliphatic hydroxyl groups excluding tert-OH is 1. The third kappa shape index (κ3) is 5.66. The molecule has 0 atom stereocenters. The second-order valence-corrected chi connectivity index (χ2v) is 1.86. The molecule has 0 aliphatic carbocycles. The molecule has 70 valence electrons. The summed E-state index contributed by atoms with van der Waals surface area (Å²) in [7, 11) is 0. The molecule has 0 amide bonds. The number of hydrazone groups is 1. The molecule has 0 unspecified atom stereocenters. The quantitative estimate of drug-likeness (QED) is 0.365. The molecule has 0 rings (SSSR count). The van der Waals surface area contributed by atoms with Crippen molar-refractivity contribution < 1.29 is 18.3 Å². The fraction of sp³-hybridized carbons (Fsp3) is 0.600. The van der Waals surface area contributed by atoms with Crippen LogP contribution in [0.25, 0.3) is 0 Å². The summed E-state index contributed by atoms with van der Waals surface area (Å²) < 4.78 is 34.4. The first-order valence-corrected chi connectivity index (χ1v) is 2.94. The highest BCUT2D eigenvalue weighted by atomic mass is 19.4. The maximum absolute atomic E-state index is 11.5. The molecule has 7 heteroatoms. The summed E-state index contributed by atoms with van der Waals surface area (Å²) in [5.41, 5.74) is -0.0979. The summed E-state index contributed by atoms with van der Waals surface area (Å²) in [6.45, 7) is -1.83. The highest BCUT2D eigenvalue weighted by Crippen LogP contribution is 2.13. The van der Waals surface area contributed by atoms with Crippen LogP contribution in [0.1, 0.15) is 0 Å². The molecule has 0 heterocycles. The molecule has 3 N–H and O–H groups in total. The monoisotopic (exact) mass is 183 g/mol. The predicted octanol–water partition coefficient (Wildman–Crippen LogP) is -0.0735. The van der Waals surface area contributed by atoms with Crippen LogP contribution in [0.15, 0.2) is 10.1 Å². The van der Waals surface area contributed by atoms with Crippen molar-refractivity contribution >= 4 is 11.9 Å². The number of alkyl halides is 3. The second-order valence-electron chi connectivity index (χ2n) is 1.86. The zero-order valence-corrected chi connectivity index (χ0v) is 6.04. The Morgan fingerprint density at radius 1 is 1.50 bits per heavy atom. The number of aliphatic hydroxyl groups is 1. The van der Waals surface area contributed by atoms with Crippen LogP contribution < -0.4 is 5.84 Å². The lowest BCUT2D eigenvalue weighted by molar-refractivity contribution is -0.118. The van der Waals surface area contributed by atoms with Crippen molar-refractivity contribution in [2.45, 2.75) is 6.18 Å². The molecule has 0 aromatic rings. The molecule has 0 aliphatic rings. The van der Waals surface area contributed by atoms with Gasteiger partial charge >= 0.3 is 6.18 Å². The molecule has 0 spiro atoms. The van der Waals surface area contributed by atoms with Gasteiger partial charge in [0.05, 0.1) is 6.61 Å². The van der Waals surface area contributed by atoms with Crippen LogP contribution >= 0.6 is 0 Å². The average molecular weight is 183 g/mol. The van der Waals surface area contributed by atoms with Crippen molar-refractivity contribution in [2.24, 2.45) is 15.9 Å². The topological polar surface area (TPSA) is 71.0 Å². The minimum atomic E-state index is -4.34. The Morgan fingerprint density at radius 2 is 2.08 bits per heavy atom. The van der Waals surface area contributed by atoms with E-state index in [0.717, 1.165) is 6.21 Å². The van der Waals surface area contributed by atoms with E-state index in [4.69, 9.17) is 5.11 Å². The lowest BCUT2D eigenvalue weighted by Gasteiger charge is -1.99. The lowest BCUT2D eigenvalue weighted by Crippen LogP contribution is -2.15. The maximum Gasteiger partial charge on any atom is 0.407 e. The largest absolute Gasteiger partial charge is 0.407 e. The normalized spacial score (nSPS) is 14.2. The van der Waals surface area contributed by atoms with Crippen LogP contribution in [0, 0.1) is 0 Å². The maximum atomic E-state index is 11.5. The van der Waals surface area contributed by atoms with Gasteiger partial charge in [-0.05, 0) is 0 Å². The second kappa shape index (κ2) is 4.70. The third-order valence-electron chi connectivity index (χ3n) is 0.839. The zero-order chi connectivity index (χ0) is 9.61. The molecule has 0 aliphatic heterocycles. The van der Waals surface area contributed by atoms with Gasteiger partial charge in [-0.15, -0.1) is 0 Å². The Kier molecular flexibility index (Phi) is 4.27. The van der Waals surface area contributed by atoms with Crippen LogP contribution in [0.3, 0.4) is 0 Å². The summed E-state index contributed by atoms with van der Waals surface area (Å²) in [5.74, 6) is 4.69. The van der Waals surface area contributed by atoms with E-state index >= 15 is 0 Å². The van der Waals surface area contributed by atoms with Gasteiger partial charge in [0.25, 0.3) is 0 Å². The van der Waals surface area contributed by atoms with Gasteiger partial charge in [0, 0.05) is 6.21 Å². The molecule has 0 bridgehead atoms. The minimum absolute atomic E-state index is 0.0979. The fourth-order valence-corrected chi connectivity index (χ4v) is 0.370. The number of hydrogen-bond donors (Lipinski definition) is 2. The third-order valence-corrected chi connectivity index (χ3v) is 0.839. The van der Waals surface area contributed by atoms with Gasteiger partial charge in [0.1, 0.15) is 12.3 Å². The zero-order valence-electron chi connectivity index (χ0n) is 6.04. The van der Waals surface area contributed by atoms with Gasteiger partial charge in [-0.1, -0.05) is 0 Å². The SMILES string of the molecule is N/N=C(\C=NCC(F)(F)F)CO. The van der Waals surface area contributed by atoms with Gasteiger partial charge < -0.3 is 10.9 Å². The highest BCUT2D eigenvalue weighted by molar-refractivity contribution is 6.31. The molecule has 0 saturated carbocycles.